The van der Waals surface area contributed by atoms with Crippen molar-refractivity contribution in [1.29, 1.82) is 0 Å². The van der Waals surface area contributed by atoms with Gasteiger partial charge in [0.05, 0.1) is 11.4 Å². The van der Waals surface area contributed by atoms with E-state index in [-0.39, 0.29) is 11.7 Å². The summed E-state index contributed by atoms with van der Waals surface area (Å²) in [5.74, 6) is 0.635. The number of carbonyl (C=O) groups is 1. The summed E-state index contributed by atoms with van der Waals surface area (Å²) in [6, 6.07) is 14.2. The zero-order valence-electron chi connectivity index (χ0n) is 16.6. The normalized spacial score (nSPS) is 11.0. The summed E-state index contributed by atoms with van der Waals surface area (Å²) < 4.78 is 1.66. The van der Waals surface area contributed by atoms with Crippen molar-refractivity contribution in [1.82, 2.24) is 20.2 Å². The molecule has 0 saturated heterocycles. The lowest BCUT2D eigenvalue weighted by Crippen LogP contribution is -2.16. The van der Waals surface area contributed by atoms with Gasteiger partial charge in [-0.05, 0) is 58.5 Å². The van der Waals surface area contributed by atoms with Gasteiger partial charge in [-0.3, -0.25) is 4.79 Å². The van der Waals surface area contributed by atoms with Crippen molar-refractivity contribution in [3.8, 4) is 5.69 Å². The molecule has 146 valence electrons. The predicted molar refractivity (Wildman–Crippen MR) is 113 cm³/mol. The van der Waals surface area contributed by atoms with Gasteiger partial charge in [0, 0.05) is 5.69 Å². The fourth-order valence-corrected chi connectivity index (χ4v) is 3.63. The van der Waals surface area contributed by atoms with Crippen LogP contribution in [0.2, 0.25) is 0 Å². The summed E-state index contributed by atoms with van der Waals surface area (Å²) in [5, 5.41) is 15.5. The van der Waals surface area contributed by atoms with Crippen molar-refractivity contribution in [3.63, 3.8) is 0 Å². The van der Waals surface area contributed by atoms with Crippen LogP contribution in [0.25, 0.3) is 5.69 Å². The van der Waals surface area contributed by atoms with Crippen LogP contribution in [0.1, 0.15) is 43.4 Å². The van der Waals surface area contributed by atoms with Crippen LogP contribution < -0.4 is 5.32 Å². The van der Waals surface area contributed by atoms with Gasteiger partial charge in [0.2, 0.25) is 11.1 Å². The minimum Gasteiger partial charge on any atom is -0.325 e. The molecule has 0 bridgehead atoms. The average molecular weight is 396 g/mol. The Bertz CT molecular complexity index is 950. The lowest BCUT2D eigenvalue weighted by atomic mass is 10.0. The van der Waals surface area contributed by atoms with Crippen LogP contribution in [-0.2, 0) is 11.2 Å². The fraction of sp³-hybridized carbons (Fsp3) is 0.333. The molecule has 1 N–H and O–H groups in total. The molecule has 7 heteroatoms. The average Bonchev–Trinajstić information content (AvgIpc) is 3.16. The van der Waals surface area contributed by atoms with E-state index in [1.807, 2.05) is 37.3 Å². The van der Waals surface area contributed by atoms with Crippen LogP contribution in [0.15, 0.2) is 47.6 Å². The molecule has 0 saturated carbocycles. The third kappa shape index (κ3) is 4.59. The molecule has 1 aromatic heterocycles. The number of nitrogens with one attached hydrogen (secondary N) is 1. The summed E-state index contributed by atoms with van der Waals surface area (Å²) in [6.45, 7) is 8.40. The molecular formula is C21H25N5OS. The fourth-order valence-electron chi connectivity index (χ4n) is 2.94. The number of benzene rings is 2. The molecule has 0 aliphatic carbocycles. The first-order valence-corrected chi connectivity index (χ1v) is 10.4. The number of rotatable bonds is 7. The number of amides is 1. The summed E-state index contributed by atoms with van der Waals surface area (Å²) in [7, 11) is 0. The first-order chi connectivity index (χ1) is 13.5. The highest BCUT2D eigenvalue weighted by atomic mass is 32.2. The number of nitrogens with zero attached hydrogens (tertiary/aromatic N) is 4. The van der Waals surface area contributed by atoms with Crippen molar-refractivity contribution in [3.05, 3.63) is 59.2 Å². The Labute approximate surface area is 169 Å². The Morgan fingerprint density at radius 3 is 2.61 bits per heavy atom. The first kappa shape index (κ1) is 20.1. The maximum absolute atomic E-state index is 12.5. The standard InChI is InChI=1S/C21H25N5OS/c1-5-16-8-6-7-15(4)20(16)22-19(27)13-28-21-23-24-25-26(21)18-11-9-17(10-12-18)14(2)3/h6-12,14H,5,13H2,1-4H3,(H,22,27). The molecule has 0 spiro atoms. The zero-order valence-corrected chi connectivity index (χ0v) is 17.5. The van der Waals surface area contributed by atoms with Gasteiger partial charge in [-0.2, -0.15) is 4.68 Å². The summed E-state index contributed by atoms with van der Waals surface area (Å²) in [5.41, 5.74) is 5.24. The van der Waals surface area contributed by atoms with Crippen LogP contribution in [-0.4, -0.2) is 31.9 Å². The quantitative estimate of drug-likeness (QED) is 0.601. The van der Waals surface area contributed by atoms with Crippen molar-refractivity contribution >= 4 is 23.4 Å². The van der Waals surface area contributed by atoms with Gasteiger partial charge in [0.15, 0.2) is 0 Å². The molecule has 0 fully saturated rings. The maximum atomic E-state index is 12.5. The number of para-hydroxylation sites is 1. The minimum absolute atomic E-state index is 0.0706. The van der Waals surface area contributed by atoms with E-state index in [9.17, 15) is 4.79 Å². The molecule has 0 atom stereocenters. The number of carbonyl (C=O) groups excluding carboxylic acids is 1. The van der Waals surface area contributed by atoms with E-state index in [0.29, 0.717) is 11.1 Å². The summed E-state index contributed by atoms with van der Waals surface area (Å²) >= 11 is 1.32. The predicted octanol–water partition coefficient (Wildman–Crippen LogP) is 4.39. The Hall–Kier alpha value is -2.67. The molecule has 1 amide bonds. The summed E-state index contributed by atoms with van der Waals surface area (Å²) in [4.78, 5) is 12.5. The van der Waals surface area contributed by atoms with Crippen LogP contribution in [0, 0.1) is 6.92 Å². The van der Waals surface area contributed by atoms with E-state index in [0.717, 1.165) is 28.9 Å². The minimum atomic E-state index is -0.0706. The third-order valence-corrected chi connectivity index (χ3v) is 5.50. The second kappa shape index (κ2) is 9.01. The van der Waals surface area contributed by atoms with Crippen LogP contribution in [0.3, 0.4) is 0 Å². The van der Waals surface area contributed by atoms with E-state index >= 15 is 0 Å². The van der Waals surface area contributed by atoms with Crippen molar-refractivity contribution < 1.29 is 4.79 Å². The van der Waals surface area contributed by atoms with Gasteiger partial charge >= 0.3 is 0 Å². The smallest absolute Gasteiger partial charge is 0.234 e. The molecule has 2 aromatic carbocycles. The monoisotopic (exact) mass is 395 g/mol. The zero-order chi connectivity index (χ0) is 20.1. The number of hydrogen-bond acceptors (Lipinski definition) is 5. The van der Waals surface area contributed by atoms with E-state index in [2.05, 4.69) is 53.7 Å². The SMILES string of the molecule is CCc1cccc(C)c1NC(=O)CSc1nnnn1-c1ccc(C(C)C)cc1. The van der Waals surface area contributed by atoms with Crippen molar-refractivity contribution in [2.24, 2.45) is 0 Å². The number of aromatic nitrogens is 4. The Balaban J connectivity index is 1.68. The van der Waals surface area contributed by atoms with Crippen LogP contribution in [0.5, 0.6) is 0 Å². The van der Waals surface area contributed by atoms with Crippen molar-refractivity contribution in [2.45, 2.75) is 45.2 Å². The molecule has 6 nitrogen and oxygen atoms in total. The van der Waals surface area contributed by atoms with Gasteiger partial charge < -0.3 is 5.32 Å². The Kier molecular flexibility index (Phi) is 6.46. The highest BCUT2D eigenvalue weighted by Crippen LogP contribution is 2.23. The topological polar surface area (TPSA) is 72.7 Å². The van der Waals surface area contributed by atoms with Gasteiger partial charge in [-0.25, -0.2) is 0 Å². The van der Waals surface area contributed by atoms with E-state index in [1.165, 1.54) is 17.3 Å². The van der Waals surface area contributed by atoms with Gasteiger partial charge in [0.1, 0.15) is 0 Å². The first-order valence-electron chi connectivity index (χ1n) is 9.39. The van der Waals surface area contributed by atoms with E-state index in [1.54, 1.807) is 4.68 Å². The number of thioether (sulfide) groups is 1. The van der Waals surface area contributed by atoms with E-state index < -0.39 is 0 Å². The van der Waals surface area contributed by atoms with E-state index in [4.69, 9.17) is 0 Å². The molecule has 0 aliphatic heterocycles. The lowest BCUT2D eigenvalue weighted by molar-refractivity contribution is -0.113. The van der Waals surface area contributed by atoms with Gasteiger partial charge in [0.25, 0.3) is 0 Å². The lowest BCUT2D eigenvalue weighted by Gasteiger charge is -2.12. The highest BCUT2D eigenvalue weighted by molar-refractivity contribution is 7.99. The summed E-state index contributed by atoms with van der Waals surface area (Å²) in [6.07, 6.45) is 0.870. The van der Waals surface area contributed by atoms with Crippen LogP contribution >= 0.6 is 11.8 Å². The number of tetrazole rings is 1. The molecule has 0 aliphatic rings. The molecule has 28 heavy (non-hydrogen) atoms. The molecular weight excluding hydrogens is 370 g/mol. The molecule has 3 aromatic rings. The van der Waals surface area contributed by atoms with Crippen LogP contribution in [0.4, 0.5) is 5.69 Å². The maximum Gasteiger partial charge on any atom is 0.234 e. The number of hydrogen-bond donors (Lipinski definition) is 1. The third-order valence-electron chi connectivity index (χ3n) is 4.58. The number of aryl methyl sites for hydroxylation is 2. The molecule has 3 rings (SSSR count). The largest absolute Gasteiger partial charge is 0.325 e. The number of anilines is 1. The van der Waals surface area contributed by atoms with Gasteiger partial charge in [-0.1, -0.05) is 62.9 Å². The molecule has 1 heterocycles. The molecule has 0 radical (unpaired) electrons. The Morgan fingerprint density at radius 2 is 1.93 bits per heavy atom. The van der Waals surface area contributed by atoms with Crippen molar-refractivity contribution in [2.75, 3.05) is 11.1 Å². The highest BCUT2D eigenvalue weighted by Gasteiger charge is 2.14. The Morgan fingerprint density at radius 1 is 1.18 bits per heavy atom. The second-order valence-electron chi connectivity index (χ2n) is 6.92. The molecule has 0 unspecified atom stereocenters. The second-order valence-corrected chi connectivity index (χ2v) is 7.86. The van der Waals surface area contributed by atoms with Gasteiger partial charge in [-0.15, -0.1) is 5.10 Å².